The molecule has 1 aliphatic rings. The van der Waals surface area contributed by atoms with Crippen LogP contribution in [0.3, 0.4) is 0 Å². The third-order valence-electron chi connectivity index (χ3n) is 6.82. The number of fused-ring (bicyclic) bond motifs is 5. The molecule has 4 rings (SSSR count). The van der Waals surface area contributed by atoms with Gasteiger partial charge in [0.15, 0.2) is 5.76 Å². The minimum absolute atomic E-state index is 0.180. The maximum Gasteiger partial charge on any atom is 0.209 e. The first-order valence-corrected chi connectivity index (χ1v) is 12.1. The van der Waals surface area contributed by atoms with E-state index in [1.807, 2.05) is 0 Å². The Hall–Kier alpha value is -2.55. The minimum Gasteiger partial charge on any atom is -0.452 e. The van der Waals surface area contributed by atoms with Gasteiger partial charge in [0.05, 0.1) is 5.41 Å². The molecule has 1 aliphatic carbocycles. The predicted octanol–water partition coefficient (Wildman–Crippen LogP) is 8.13. The summed E-state index contributed by atoms with van der Waals surface area (Å²) in [5.41, 5.74) is 4.75. The molecule has 1 aromatic heterocycles. The lowest BCUT2D eigenvalue weighted by atomic mass is 9.63. The van der Waals surface area contributed by atoms with Crippen LogP contribution in [0.4, 0.5) is 5.69 Å². The maximum absolute atomic E-state index is 14.1. The van der Waals surface area contributed by atoms with Crippen molar-refractivity contribution in [2.75, 3.05) is 11.9 Å². The number of hydrogen-bond acceptors (Lipinski definition) is 3. The van der Waals surface area contributed by atoms with Crippen LogP contribution in [0.15, 0.2) is 46.9 Å². The Morgan fingerprint density at radius 1 is 0.903 bits per heavy atom. The van der Waals surface area contributed by atoms with E-state index in [2.05, 4.69) is 68.6 Å². The van der Waals surface area contributed by atoms with Crippen LogP contribution in [0.5, 0.6) is 0 Å². The number of rotatable bonds is 10. The Balaban J connectivity index is 1.86. The number of carbonyl (C=O) groups excluding carboxylic acids is 1. The molecule has 0 atom stereocenters. The third-order valence-corrected chi connectivity index (χ3v) is 6.82. The molecule has 3 heteroatoms. The molecule has 0 spiro atoms. The molecule has 3 aromatic rings. The van der Waals surface area contributed by atoms with Crippen LogP contribution < -0.4 is 5.32 Å². The maximum atomic E-state index is 14.1. The largest absolute Gasteiger partial charge is 0.452 e. The van der Waals surface area contributed by atoms with Crippen molar-refractivity contribution in [3.8, 4) is 11.1 Å². The summed E-state index contributed by atoms with van der Waals surface area (Å²) in [6.07, 6.45) is 8.34. The van der Waals surface area contributed by atoms with Gasteiger partial charge < -0.3 is 9.73 Å². The van der Waals surface area contributed by atoms with Gasteiger partial charge in [0.2, 0.25) is 5.78 Å². The first-order chi connectivity index (χ1) is 15.2. The first kappa shape index (κ1) is 21.7. The van der Waals surface area contributed by atoms with Crippen LogP contribution in [0, 0.1) is 0 Å². The summed E-state index contributed by atoms with van der Waals surface area (Å²) < 4.78 is 6.33. The second kappa shape index (κ2) is 9.30. The van der Waals surface area contributed by atoms with Crippen molar-refractivity contribution in [2.24, 2.45) is 0 Å². The third kappa shape index (κ3) is 3.79. The van der Waals surface area contributed by atoms with Crippen LogP contribution in [0.1, 0.15) is 88.3 Å². The van der Waals surface area contributed by atoms with Gasteiger partial charge in [-0.3, -0.25) is 4.79 Å². The van der Waals surface area contributed by atoms with Crippen molar-refractivity contribution in [1.29, 1.82) is 0 Å². The highest BCUT2D eigenvalue weighted by molar-refractivity contribution is 6.17. The van der Waals surface area contributed by atoms with Crippen molar-refractivity contribution >= 4 is 22.4 Å². The smallest absolute Gasteiger partial charge is 0.209 e. The van der Waals surface area contributed by atoms with Gasteiger partial charge in [0.25, 0.3) is 0 Å². The van der Waals surface area contributed by atoms with Crippen molar-refractivity contribution in [1.82, 2.24) is 0 Å². The van der Waals surface area contributed by atoms with Crippen LogP contribution in [-0.2, 0) is 5.41 Å². The summed E-state index contributed by atoms with van der Waals surface area (Å²) in [5.74, 6) is 0.742. The fourth-order valence-electron chi connectivity index (χ4n) is 5.08. The molecule has 0 fully saturated rings. The molecular formula is C28H35NO2. The van der Waals surface area contributed by atoms with Crippen LogP contribution in [0.2, 0.25) is 0 Å². The zero-order valence-corrected chi connectivity index (χ0v) is 19.2. The normalized spacial score (nSPS) is 14.5. The molecule has 0 amide bonds. The molecular weight excluding hydrogens is 382 g/mol. The Kier molecular flexibility index (Phi) is 6.50. The van der Waals surface area contributed by atoms with E-state index in [0.717, 1.165) is 80.1 Å². The molecule has 1 heterocycles. The Bertz CT molecular complexity index is 1050. The summed E-state index contributed by atoms with van der Waals surface area (Å²) in [7, 11) is 0. The molecule has 0 bridgehead atoms. The Labute approximate surface area is 186 Å². The number of ketones is 1. The quantitative estimate of drug-likeness (QED) is 0.339. The lowest BCUT2D eigenvalue weighted by Gasteiger charge is -2.37. The fraction of sp³-hybridized carbons (Fsp3) is 0.464. The van der Waals surface area contributed by atoms with E-state index in [1.54, 1.807) is 0 Å². The van der Waals surface area contributed by atoms with E-state index >= 15 is 0 Å². The van der Waals surface area contributed by atoms with Gasteiger partial charge in [-0.15, -0.1) is 0 Å². The lowest BCUT2D eigenvalue weighted by molar-refractivity contribution is 0.0827. The number of unbranched alkanes of at least 4 members (excludes halogenated alkanes) is 3. The molecule has 31 heavy (non-hydrogen) atoms. The van der Waals surface area contributed by atoms with Gasteiger partial charge in [-0.05, 0) is 42.5 Å². The topological polar surface area (TPSA) is 42.2 Å². The molecule has 1 N–H and O–H groups in total. The number of anilines is 1. The van der Waals surface area contributed by atoms with Gasteiger partial charge in [-0.25, -0.2) is 0 Å². The van der Waals surface area contributed by atoms with E-state index in [4.69, 9.17) is 4.42 Å². The highest BCUT2D eigenvalue weighted by atomic mass is 16.3. The van der Waals surface area contributed by atoms with E-state index < -0.39 is 5.41 Å². The van der Waals surface area contributed by atoms with Crippen molar-refractivity contribution < 1.29 is 9.21 Å². The number of carbonyl (C=O) groups is 1. The monoisotopic (exact) mass is 417 g/mol. The summed E-state index contributed by atoms with van der Waals surface area (Å²) in [5, 5.41) is 4.51. The molecule has 0 saturated heterocycles. The van der Waals surface area contributed by atoms with Crippen LogP contribution in [-0.4, -0.2) is 12.3 Å². The molecule has 0 unspecified atom stereocenters. The van der Waals surface area contributed by atoms with Gasteiger partial charge in [0, 0.05) is 29.2 Å². The zero-order chi connectivity index (χ0) is 21.8. The van der Waals surface area contributed by atoms with Gasteiger partial charge in [0.1, 0.15) is 5.58 Å². The number of hydrogen-bond donors (Lipinski definition) is 1. The molecule has 0 radical (unpaired) electrons. The van der Waals surface area contributed by atoms with Crippen molar-refractivity contribution in [2.45, 2.75) is 77.6 Å². The van der Waals surface area contributed by atoms with E-state index in [1.165, 1.54) is 11.1 Å². The summed E-state index contributed by atoms with van der Waals surface area (Å²) in [6, 6.07) is 14.8. The molecule has 164 valence electrons. The average Bonchev–Trinajstić information content (AvgIpc) is 3.18. The molecule has 0 saturated carbocycles. The average molecular weight is 418 g/mol. The summed E-state index contributed by atoms with van der Waals surface area (Å²) in [4.78, 5) is 14.1. The highest BCUT2D eigenvalue weighted by Gasteiger charge is 2.47. The van der Waals surface area contributed by atoms with Crippen LogP contribution in [0.25, 0.3) is 22.1 Å². The van der Waals surface area contributed by atoms with Gasteiger partial charge in [-0.2, -0.15) is 0 Å². The van der Waals surface area contributed by atoms with Crippen molar-refractivity contribution in [3.63, 3.8) is 0 Å². The minimum atomic E-state index is -0.467. The standard InChI is InChI=1S/C28H35NO2/c1-4-7-16-28(17-8-5-2)23-13-11-10-12-21(23)25-22-15-14-20(29-18-9-6-3)19-24(22)31-26(25)27(28)30/h10-15,19,29H,4-9,16-18H2,1-3H3. The van der Waals surface area contributed by atoms with E-state index in [9.17, 15) is 4.79 Å². The lowest BCUT2D eigenvalue weighted by Crippen LogP contribution is -2.39. The second-order valence-corrected chi connectivity index (χ2v) is 8.96. The number of nitrogens with one attached hydrogen (secondary N) is 1. The van der Waals surface area contributed by atoms with E-state index in [0.29, 0.717) is 5.76 Å². The molecule has 0 aliphatic heterocycles. The SMILES string of the molecule is CCCCNc1ccc2c3c(oc2c1)C(=O)C(CCCC)(CCCC)c1ccccc1-3. The second-order valence-electron chi connectivity index (χ2n) is 8.96. The molecule has 2 aromatic carbocycles. The van der Waals surface area contributed by atoms with Crippen molar-refractivity contribution in [3.05, 3.63) is 53.8 Å². The highest BCUT2D eigenvalue weighted by Crippen LogP contribution is 2.51. The van der Waals surface area contributed by atoms with Gasteiger partial charge in [-0.1, -0.05) is 77.1 Å². The van der Waals surface area contributed by atoms with Gasteiger partial charge >= 0.3 is 0 Å². The van der Waals surface area contributed by atoms with Crippen LogP contribution >= 0.6 is 0 Å². The Morgan fingerprint density at radius 2 is 1.61 bits per heavy atom. The number of Topliss-reactive ketones (excluding diaryl/α,β-unsaturated/α-hetero) is 1. The predicted molar refractivity (Wildman–Crippen MR) is 130 cm³/mol. The number of furan rings is 1. The zero-order valence-electron chi connectivity index (χ0n) is 19.2. The summed E-state index contributed by atoms with van der Waals surface area (Å²) in [6.45, 7) is 7.54. The first-order valence-electron chi connectivity index (χ1n) is 12.1. The summed E-state index contributed by atoms with van der Waals surface area (Å²) >= 11 is 0. The number of benzene rings is 2. The Morgan fingerprint density at radius 3 is 2.32 bits per heavy atom. The fourth-order valence-corrected chi connectivity index (χ4v) is 5.08. The van der Waals surface area contributed by atoms with E-state index in [-0.39, 0.29) is 5.78 Å². The molecule has 3 nitrogen and oxygen atoms in total.